The molecule has 1 aromatic carbocycles. The molecular formula is C17H25N3O5S. The molecule has 1 rings (SSSR count). The van der Waals surface area contributed by atoms with Crippen LogP contribution >= 0.6 is 0 Å². The Labute approximate surface area is 155 Å². The molecule has 1 atom stereocenters. The smallest absolute Gasteiger partial charge is 0.323 e. The molecule has 0 aromatic heterocycles. The van der Waals surface area contributed by atoms with Gasteiger partial charge < -0.3 is 10.1 Å². The lowest BCUT2D eigenvalue weighted by atomic mass is 10.1. The predicted molar refractivity (Wildman–Crippen MR) is 97.5 cm³/mol. The molecule has 0 saturated carbocycles. The van der Waals surface area contributed by atoms with Crippen LogP contribution in [0.1, 0.15) is 31.7 Å². The van der Waals surface area contributed by atoms with Crippen molar-refractivity contribution in [3.05, 3.63) is 29.8 Å². The summed E-state index contributed by atoms with van der Waals surface area (Å²) in [5.41, 5.74) is 0.750. The van der Waals surface area contributed by atoms with E-state index in [0.29, 0.717) is 18.6 Å². The lowest BCUT2D eigenvalue weighted by Crippen LogP contribution is -2.44. The maximum Gasteiger partial charge on any atom is 0.323 e. The van der Waals surface area contributed by atoms with Crippen LogP contribution in [-0.2, 0) is 21.7 Å². The molecule has 0 bridgehead atoms. The summed E-state index contributed by atoms with van der Waals surface area (Å²) in [6, 6.07) is 6.03. The molecule has 9 heteroatoms. The van der Waals surface area contributed by atoms with Gasteiger partial charge in [0.1, 0.15) is 5.75 Å². The van der Waals surface area contributed by atoms with Crippen LogP contribution in [0.3, 0.4) is 0 Å². The SMILES string of the molecule is CCCC(CCN(C(=O)Cc1ccc(OC)cc1)C(=O)NC)N=S(=O)=O. The van der Waals surface area contributed by atoms with E-state index in [2.05, 4.69) is 9.68 Å². The Morgan fingerprint density at radius 1 is 1.23 bits per heavy atom. The van der Waals surface area contributed by atoms with Crippen molar-refractivity contribution >= 4 is 22.4 Å². The normalized spacial score (nSPS) is 11.3. The molecule has 8 nitrogen and oxygen atoms in total. The molecule has 1 N–H and O–H groups in total. The third-order valence-corrected chi connectivity index (χ3v) is 4.29. The zero-order valence-corrected chi connectivity index (χ0v) is 16.1. The summed E-state index contributed by atoms with van der Waals surface area (Å²) >= 11 is 0. The van der Waals surface area contributed by atoms with Gasteiger partial charge in [-0.05, 0) is 30.5 Å². The Kier molecular flexibility index (Phi) is 9.35. The lowest BCUT2D eigenvalue weighted by Gasteiger charge is -2.22. The molecule has 3 amide bonds. The topological polar surface area (TPSA) is 105 Å². The third kappa shape index (κ3) is 7.22. The maximum absolute atomic E-state index is 12.5. The Balaban J connectivity index is 2.82. The number of amides is 3. The van der Waals surface area contributed by atoms with E-state index in [4.69, 9.17) is 4.74 Å². The highest BCUT2D eigenvalue weighted by molar-refractivity contribution is 7.61. The van der Waals surface area contributed by atoms with Gasteiger partial charge in [-0.15, -0.1) is 0 Å². The average molecular weight is 383 g/mol. The minimum Gasteiger partial charge on any atom is -0.497 e. The molecule has 0 radical (unpaired) electrons. The number of carbonyl (C=O) groups excluding carboxylic acids is 2. The average Bonchev–Trinajstić information content (AvgIpc) is 2.61. The van der Waals surface area contributed by atoms with Gasteiger partial charge in [0.05, 0.1) is 19.6 Å². The molecule has 0 heterocycles. The van der Waals surface area contributed by atoms with Crippen molar-refractivity contribution in [2.24, 2.45) is 4.36 Å². The number of urea groups is 1. The Morgan fingerprint density at radius 2 is 1.88 bits per heavy atom. The summed E-state index contributed by atoms with van der Waals surface area (Å²) in [5, 5.41) is 2.44. The molecule has 144 valence electrons. The van der Waals surface area contributed by atoms with Crippen molar-refractivity contribution in [1.29, 1.82) is 0 Å². The number of nitrogens with one attached hydrogen (secondary N) is 1. The van der Waals surface area contributed by atoms with Crippen molar-refractivity contribution in [3.63, 3.8) is 0 Å². The standard InChI is InChI=1S/C17H25N3O5S/c1-4-5-14(19-26(23)24)10-11-20(17(22)18-2)16(21)12-13-6-8-15(25-3)9-7-13/h6-9,14H,4-5,10-12H2,1-3H3,(H,18,22). The van der Waals surface area contributed by atoms with Crippen LogP contribution in [0.2, 0.25) is 0 Å². The highest BCUT2D eigenvalue weighted by atomic mass is 32.2. The molecular weight excluding hydrogens is 358 g/mol. The van der Waals surface area contributed by atoms with Crippen LogP contribution in [0.5, 0.6) is 5.75 Å². The number of hydrogen-bond donors (Lipinski definition) is 1. The molecule has 26 heavy (non-hydrogen) atoms. The second-order valence-electron chi connectivity index (χ2n) is 5.68. The molecule has 0 spiro atoms. The first-order valence-corrected chi connectivity index (χ1v) is 9.39. The van der Waals surface area contributed by atoms with Gasteiger partial charge in [0.15, 0.2) is 0 Å². The fraction of sp³-hybridized carbons (Fsp3) is 0.529. The van der Waals surface area contributed by atoms with E-state index in [1.165, 1.54) is 7.05 Å². The molecule has 0 aliphatic rings. The van der Waals surface area contributed by atoms with Gasteiger partial charge in [-0.3, -0.25) is 9.69 Å². The molecule has 0 saturated heterocycles. The number of methoxy groups -OCH3 is 1. The van der Waals surface area contributed by atoms with E-state index in [9.17, 15) is 18.0 Å². The summed E-state index contributed by atoms with van der Waals surface area (Å²) < 4.78 is 30.3. The minimum absolute atomic E-state index is 0.0560. The largest absolute Gasteiger partial charge is 0.497 e. The second-order valence-corrected chi connectivity index (χ2v) is 6.32. The highest BCUT2D eigenvalue weighted by Crippen LogP contribution is 2.14. The van der Waals surface area contributed by atoms with Gasteiger partial charge in [-0.25, -0.2) is 4.79 Å². The van der Waals surface area contributed by atoms with Crippen molar-refractivity contribution in [1.82, 2.24) is 10.2 Å². The van der Waals surface area contributed by atoms with Crippen LogP contribution in [0.25, 0.3) is 0 Å². The summed E-state index contributed by atoms with van der Waals surface area (Å²) in [5.74, 6) is 0.312. The summed E-state index contributed by atoms with van der Waals surface area (Å²) in [6.45, 7) is 2.02. The number of rotatable bonds is 9. The number of carbonyl (C=O) groups is 2. The number of hydrogen-bond acceptors (Lipinski definition) is 6. The first kappa shape index (κ1) is 21.6. The van der Waals surface area contributed by atoms with E-state index in [1.54, 1.807) is 31.4 Å². The predicted octanol–water partition coefficient (Wildman–Crippen LogP) is 2.03. The molecule has 0 fully saturated rings. The van der Waals surface area contributed by atoms with E-state index in [0.717, 1.165) is 16.9 Å². The van der Waals surface area contributed by atoms with Gasteiger partial charge in [0, 0.05) is 13.6 Å². The van der Waals surface area contributed by atoms with E-state index < -0.39 is 22.6 Å². The van der Waals surface area contributed by atoms with Crippen LogP contribution in [0, 0.1) is 0 Å². The zero-order chi connectivity index (χ0) is 19.5. The van der Waals surface area contributed by atoms with E-state index >= 15 is 0 Å². The first-order valence-electron chi connectivity index (χ1n) is 8.36. The number of imide groups is 1. The van der Waals surface area contributed by atoms with E-state index in [-0.39, 0.29) is 18.9 Å². The van der Waals surface area contributed by atoms with Crippen molar-refractivity contribution in [3.8, 4) is 5.75 Å². The van der Waals surface area contributed by atoms with Gasteiger partial charge in [-0.2, -0.15) is 12.8 Å². The first-order chi connectivity index (χ1) is 12.4. The van der Waals surface area contributed by atoms with Crippen molar-refractivity contribution in [2.75, 3.05) is 20.7 Å². The summed E-state index contributed by atoms with van der Waals surface area (Å²) in [6.07, 6.45) is 1.68. The Morgan fingerprint density at radius 3 is 2.38 bits per heavy atom. The minimum atomic E-state index is -2.51. The van der Waals surface area contributed by atoms with Crippen LogP contribution in [0.15, 0.2) is 28.6 Å². The van der Waals surface area contributed by atoms with Crippen LogP contribution in [0.4, 0.5) is 4.79 Å². The number of ether oxygens (including phenoxy) is 1. The lowest BCUT2D eigenvalue weighted by molar-refractivity contribution is -0.127. The highest BCUT2D eigenvalue weighted by Gasteiger charge is 2.22. The number of benzene rings is 1. The fourth-order valence-corrected chi connectivity index (χ4v) is 2.92. The third-order valence-electron chi connectivity index (χ3n) is 3.82. The van der Waals surface area contributed by atoms with Crippen molar-refractivity contribution in [2.45, 2.75) is 38.6 Å². The molecule has 1 unspecified atom stereocenters. The Bertz CT molecular complexity index is 723. The molecule has 0 aliphatic heterocycles. The quantitative estimate of drug-likeness (QED) is 0.702. The number of nitrogens with zero attached hydrogens (tertiary/aromatic N) is 2. The fourth-order valence-electron chi connectivity index (χ4n) is 2.47. The maximum atomic E-state index is 12.5. The summed E-state index contributed by atoms with van der Waals surface area (Å²) in [4.78, 5) is 25.7. The molecule has 1 aromatic rings. The summed E-state index contributed by atoms with van der Waals surface area (Å²) in [7, 11) is 0.486. The zero-order valence-electron chi connectivity index (χ0n) is 15.3. The van der Waals surface area contributed by atoms with Gasteiger partial charge in [0.2, 0.25) is 5.91 Å². The second kappa shape index (κ2) is 11.2. The van der Waals surface area contributed by atoms with Crippen LogP contribution < -0.4 is 10.1 Å². The van der Waals surface area contributed by atoms with Gasteiger partial charge in [0.25, 0.3) is 0 Å². The van der Waals surface area contributed by atoms with Crippen molar-refractivity contribution < 1.29 is 22.7 Å². The van der Waals surface area contributed by atoms with Crippen LogP contribution in [-0.4, -0.2) is 52.0 Å². The molecule has 0 aliphatic carbocycles. The monoisotopic (exact) mass is 383 g/mol. The Hall–Kier alpha value is -2.42. The van der Waals surface area contributed by atoms with Gasteiger partial charge >= 0.3 is 16.5 Å². The van der Waals surface area contributed by atoms with E-state index in [1.807, 2.05) is 6.92 Å². The van der Waals surface area contributed by atoms with Gasteiger partial charge in [-0.1, -0.05) is 25.5 Å².